The lowest BCUT2D eigenvalue weighted by Crippen LogP contribution is -2.12. The van der Waals surface area contributed by atoms with Crippen molar-refractivity contribution in [2.45, 2.75) is 27.2 Å². The molecular weight excluding hydrogens is 248 g/mol. The quantitative estimate of drug-likeness (QED) is 0.762. The van der Waals surface area contributed by atoms with Gasteiger partial charge in [-0.15, -0.1) is 0 Å². The van der Waals surface area contributed by atoms with Gasteiger partial charge < -0.3 is 4.74 Å². The Morgan fingerprint density at radius 3 is 2.40 bits per heavy atom. The van der Waals surface area contributed by atoms with Gasteiger partial charge in [-0.05, 0) is 43.0 Å². The number of ether oxygens (including phenoxy) is 1. The monoisotopic (exact) mass is 268 g/mol. The molecule has 0 aliphatic carbocycles. The summed E-state index contributed by atoms with van der Waals surface area (Å²) in [6, 6.07) is 13.7. The Morgan fingerprint density at radius 2 is 1.75 bits per heavy atom. The first-order valence-electron chi connectivity index (χ1n) is 6.92. The average molecular weight is 268 g/mol. The van der Waals surface area contributed by atoms with Gasteiger partial charge in [0.2, 0.25) is 0 Å². The Morgan fingerprint density at radius 1 is 1.05 bits per heavy atom. The van der Waals surface area contributed by atoms with Crippen LogP contribution < -0.4 is 4.74 Å². The Kier molecular flexibility index (Phi) is 4.57. The van der Waals surface area contributed by atoms with Crippen LogP contribution in [0, 0.1) is 13.8 Å². The van der Waals surface area contributed by atoms with E-state index in [0.717, 1.165) is 23.3 Å². The van der Waals surface area contributed by atoms with Gasteiger partial charge in [0, 0.05) is 5.56 Å². The zero-order chi connectivity index (χ0) is 14.5. The van der Waals surface area contributed by atoms with Crippen LogP contribution in [0.3, 0.4) is 0 Å². The van der Waals surface area contributed by atoms with Crippen LogP contribution in [-0.2, 0) is 6.42 Å². The first kappa shape index (κ1) is 14.3. The summed E-state index contributed by atoms with van der Waals surface area (Å²) in [5.74, 6) is 0.789. The van der Waals surface area contributed by atoms with Gasteiger partial charge in [0.1, 0.15) is 5.75 Å². The van der Waals surface area contributed by atoms with E-state index in [9.17, 15) is 4.79 Å². The van der Waals surface area contributed by atoms with Gasteiger partial charge in [0.05, 0.1) is 0 Å². The molecule has 0 saturated heterocycles. The number of carbonyl (C=O) groups is 1. The third-order valence-corrected chi connectivity index (χ3v) is 3.39. The SMILES string of the molecule is CCc1ccc(C(=O)COc2cc(C)ccc2C)cc1. The number of hydrogen-bond acceptors (Lipinski definition) is 2. The molecule has 0 spiro atoms. The van der Waals surface area contributed by atoms with E-state index in [-0.39, 0.29) is 12.4 Å². The second-order valence-electron chi connectivity index (χ2n) is 5.03. The summed E-state index contributed by atoms with van der Waals surface area (Å²) in [6.07, 6.45) is 0.980. The molecule has 0 aliphatic heterocycles. The van der Waals surface area contributed by atoms with Crippen LogP contribution in [0.15, 0.2) is 42.5 Å². The van der Waals surface area contributed by atoms with E-state index < -0.39 is 0 Å². The van der Waals surface area contributed by atoms with Gasteiger partial charge in [-0.1, -0.05) is 43.3 Å². The number of benzene rings is 2. The Labute approximate surface area is 120 Å². The molecule has 104 valence electrons. The summed E-state index contributed by atoms with van der Waals surface area (Å²) >= 11 is 0. The number of hydrogen-bond donors (Lipinski definition) is 0. The highest BCUT2D eigenvalue weighted by Crippen LogP contribution is 2.19. The third kappa shape index (κ3) is 3.47. The highest BCUT2D eigenvalue weighted by atomic mass is 16.5. The number of aryl methyl sites for hydroxylation is 3. The fraction of sp³-hybridized carbons (Fsp3) is 0.278. The van der Waals surface area contributed by atoms with Gasteiger partial charge >= 0.3 is 0 Å². The van der Waals surface area contributed by atoms with E-state index in [2.05, 4.69) is 6.92 Å². The lowest BCUT2D eigenvalue weighted by Gasteiger charge is -2.09. The lowest BCUT2D eigenvalue weighted by molar-refractivity contribution is 0.0921. The molecule has 2 rings (SSSR count). The first-order valence-corrected chi connectivity index (χ1v) is 6.92. The van der Waals surface area contributed by atoms with Crippen molar-refractivity contribution in [3.63, 3.8) is 0 Å². The van der Waals surface area contributed by atoms with Crippen molar-refractivity contribution < 1.29 is 9.53 Å². The number of Topliss-reactive ketones (excluding diaryl/α,β-unsaturated/α-hetero) is 1. The van der Waals surface area contributed by atoms with Gasteiger partial charge in [-0.2, -0.15) is 0 Å². The minimum Gasteiger partial charge on any atom is -0.485 e. The summed E-state index contributed by atoms with van der Waals surface area (Å²) in [6.45, 7) is 6.17. The third-order valence-electron chi connectivity index (χ3n) is 3.39. The second-order valence-corrected chi connectivity index (χ2v) is 5.03. The highest BCUT2D eigenvalue weighted by molar-refractivity contribution is 5.97. The largest absolute Gasteiger partial charge is 0.485 e. The number of rotatable bonds is 5. The van der Waals surface area contributed by atoms with Crippen LogP contribution in [0.25, 0.3) is 0 Å². The molecular formula is C18H20O2. The maximum absolute atomic E-state index is 12.1. The maximum atomic E-state index is 12.1. The molecule has 0 radical (unpaired) electrons. The molecule has 0 amide bonds. The van der Waals surface area contributed by atoms with E-state index >= 15 is 0 Å². The van der Waals surface area contributed by atoms with Gasteiger partial charge in [0.15, 0.2) is 12.4 Å². The van der Waals surface area contributed by atoms with Crippen LogP contribution in [0.4, 0.5) is 0 Å². The van der Waals surface area contributed by atoms with Crippen LogP contribution in [0.5, 0.6) is 5.75 Å². The first-order chi connectivity index (χ1) is 9.60. The fourth-order valence-corrected chi connectivity index (χ4v) is 2.02. The van der Waals surface area contributed by atoms with Crippen LogP contribution in [-0.4, -0.2) is 12.4 Å². The van der Waals surface area contributed by atoms with Gasteiger partial charge in [-0.3, -0.25) is 4.79 Å². The second kappa shape index (κ2) is 6.38. The minimum absolute atomic E-state index is 0.00793. The van der Waals surface area contributed by atoms with Crippen LogP contribution >= 0.6 is 0 Å². The molecule has 0 heterocycles. The number of ketones is 1. The fourth-order valence-electron chi connectivity index (χ4n) is 2.02. The molecule has 0 atom stereocenters. The van der Waals surface area contributed by atoms with Crippen molar-refractivity contribution in [3.05, 3.63) is 64.7 Å². The van der Waals surface area contributed by atoms with Crippen LogP contribution in [0.1, 0.15) is 34.0 Å². The molecule has 0 unspecified atom stereocenters. The van der Waals surface area contributed by atoms with Crippen molar-refractivity contribution in [1.82, 2.24) is 0 Å². The van der Waals surface area contributed by atoms with Crippen molar-refractivity contribution in [1.29, 1.82) is 0 Å². The van der Waals surface area contributed by atoms with E-state index in [4.69, 9.17) is 4.74 Å². The van der Waals surface area contributed by atoms with Crippen molar-refractivity contribution in [3.8, 4) is 5.75 Å². The molecule has 20 heavy (non-hydrogen) atoms. The summed E-state index contributed by atoms with van der Waals surface area (Å²) in [7, 11) is 0. The summed E-state index contributed by atoms with van der Waals surface area (Å²) in [5, 5.41) is 0. The van der Waals surface area contributed by atoms with E-state index in [0.29, 0.717) is 5.56 Å². The Balaban J connectivity index is 2.02. The summed E-state index contributed by atoms with van der Waals surface area (Å²) in [4.78, 5) is 12.1. The predicted molar refractivity (Wildman–Crippen MR) is 81.6 cm³/mol. The minimum atomic E-state index is 0.00793. The smallest absolute Gasteiger partial charge is 0.200 e. The molecule has 0 aliphatic rings. The number of carbonyl (C=O) groups excluding carboxylic acids is 1. The van der Waals surface area contributed by atoms with Gasteiger partial charge in [-0.25, -0.2) is 0 Å². The van der Waals surface area contributed by atoms with Crippen molar-refractivity contribution in [2.24, 2.45) is 0 Å². The zero-order valence-electron chi connectivity index (χ0n) is 12.3. The van der Waals surface area contributed by atoms with E-state index in [1.165, 1.54) is 5.56 Å². The molecule has 0 aromatic heterocycles. The predicted octanol–water partition coefficient (Wildman–Crippen LogP) is 4.13. The molecule has 0 fully saturated rings. The van der Waals surface area contributed by atoms with Crippen molar-refractivity contribution in [2.75, 3.05) is 6.61 Å². The normalized spacial score (nSPS) is 10.3. The Bertz CT molecular complexity index is 597. The summed E-state index contributed by atoms with van der Waals surface area (Å²) in [5.41, 5.74) is 4.11. The Hall–Kier alpha value is -2.09. The van der Waals surface area contributed by atoms with E-state index in [1.807, 2.05) is 56.3 Å². The van der Waals surface area contributed by atoms with Gasteiger partial charge in [0.25, 0.3) is 0 Å². The molecule has 2 heteroatoms. The molecule has 2 nitrogen and oxygen atoms in total. The van der Waals surface area contributed by atoms with Crippen molar-refractivity contribution >= 4 is 5.78 Å². The van der Waals surface area contributed by atoms with E-state index in [1.54, 1.807) is 0 Å². The molecule has 0 bridgehead atoms. The lowest BCUT2D eigenvalue weighted by atomic mass is 10.1. The molecule has 0 N–H and O–H groups in total. The topological polar surface area (TPSA) is 26.3 Å². The summed E-state index contributed by atoms with van der Waals surface area (Å²) < 4.78 is 5.64. The standard InChI is InChI=1S/C18H20O2/c1-4-15-7-9-16(10-8-15)17(19)12-20-18-11-13(2)5-6-14(18)3/h5-11H,4,12H2,1-3H3. The molecule has 2 aromatic carbocycles. The van der Waals surface area contributed by atoms with Crippen LogP contribution in [0.2, 0.25) is 0 Å². The zero-order valence-corrected chi connectivity index (χ0v) is 12.3. The highest BCUT2D eigenvalue weighted by Gasteiger charge is 2.08. The maximum Gasteiger partial charge on any atom is 0.200 e. The molecule has 2 aromatic rings. The average Bonchev–Trinajstić information content (AvgIpc) is 2.48. The molecule has 0 saturated carbocycles.